The number of para-hydroxylation sites is 2. The Hall–Kier alpha value is -1.59. The number of aromatic nitrogens is 2. The number of nitrogens with one attached hydrogen (secondary N) is 1. The predicted molar refractivity (Wildman–Crippen MR) is 94.7 cm³/mol. The molecule has 3 N–H and O–H groups in total. The van der Waals surface area contributed by atoms with Gasteiger partial charge in [0.05, 0.1) is 17.1 Å². The number of imidazole rings is 1. The zero-order valence-electron chi connectivity index (χ0n) is 13.7. The van der Waals surface area contributed by atoms with Crippen LogP contribution in [0.25, 0.3) is 11.0 Å². The molecule has 0 bridgehead atoms. The number of rotatable bonds is 3. The highest BCUT2D eigenvalue weighted by Crippen LogP contribution is 2.28. The molecule has 0 saturated carbocycles. The van der Waals surface area contributed by atoms with Gasteiger partial charge in [-0.3, -0.25) is 4.79 Å². The van der Waals surface area contributed by atoms with Gasteiger partial charge in [0.15, 0.2) is 0 Å². The van der Waals surface area contributed by atoms with Gasteiger partial charge in [-0.05, 0) is 30.9 Å². The standard InChI is InChI=1S/C17H24N4O.ClH/c1-11(2)15(18)17(22)21-9-7-12(8-10-21)16-19-13-5-3-4-6-14(13)20-16;/h3-6,11-12,15H,7-10,18H2,1-2H3,(H,19,20);1H/t15-;/m0./s1. The first-order valence-electron chi connectivity index (χ1n) is 8.05. The van der Waals surface area contributed by atoms with E-state index in [1.807, 2.05) is 43.0 Å². The van der Waals surface area contributed by atoms with Crippen molar-refractivity contribution in [1.82, 2.24) is 14.9 Å². The number of fused-ring (bicyclic) bond motifs is 1. The van der Waals surface area contributed by atoms with Crippen LogP contribution < -0.4 is 5.73 Å². The van der Waals surface area contributed by atoms with Crippen LogP contribution in [0.5, 0.6) is 0 Å². The van der Waals surface area contributed by atoms with Crippen molar-refractivity contribution in [3.05, 3.63) is 30.1 Å². The van der Waals surface area contributed by atoms with Gasteiger partial charge in [-0.15, -0.1) is 12.4 Å². The van der Waals surface area contributed by atoms with Gasteiger partial charge in [0.2, 0.25) is 5.91 Å². The van der Waals surface area contributed by atoms with Crippen molar-refractivity contribution in [1.29, 1.82) is 0 Å². The fourth-order valence-electron chi connectivity index (χ4n) is 3.04. The Bertz CT molecular complexity index is 628. The third-order valence-corrected chi connectivity index (χ3v) is 4.60. The molecule has 2 heterocycles. The van der Waals surface area contributed by atoms with E-state index < -0.39 is 0 Å². The third-order valence-electron chi connectivity index (χ3n) is 4.60. The van der Waals surface area contributed by atoms with Crippen molar-refractivity contribution in [2.75, 3.05) is 13.1 Å². The number of aromatic amines is 1. The topological polar surface area (TPSA) is 75.0 Å². The molecule has 0 spiro atoms. The average molecular weight is 337 g/mol. The van der Waals surface area contributed by atoms with Gasteiger partial charge in [0.1, 0.15) is 5.82 Å². The molecule has 23 heavy (non-hydrogen) atoms. The average Bonchev–Trinajstić information content (AvgIpc) is 2.97. The fourth-order valence-corrected chi connectivity index (χ4v) is 3.04. The number of nitrogens with zero attached hydrogens (tertiary/aromatic N) is 2. The molecule has 0 radical (unpaired) electrons. The van der Waals surface area contributed by atoms with Crippen molar-refractivity contribution in [3.63, 3.8) is 0 Å². The fraction of sp³-hybridized carbons (Fsp3) is 0.529. The Kier molecular flexibility index (Phi) is 5.65. The molecule has 1 aromatic carbocycles. The molecular formula is C17H25ClN4O. The first kappa shape index (κ1) is 17.8. The number of piperidine rings is 1. The minimum absolute atomic E-state index is 0. The number of H-pyrrole nitrogens is 1. The second-order valence-corrected chi connectivity index (χ2v) is 6.51. The minimum Gasteiger partial charge on any atom is -0.342 e. The molecule has 1 aliphatic heterocycles. The molecule has 6 heteroatoms. The van der Waals surface area contributed by atoms with Crippen molar-refractivity contribution in [2.45, 2.75) is 38.6 Å². The Labute approximate surface area is 143 Å². The highest BCUT2D eigenvalue weighted by atomic mass is 35.5. The van der Waals surface area contributed by atoms with Crippen LogP contribution in [0.2, 0.25) is 0 Å². The Morgan fingerprint density at radius 1 is 1.30 bits per heavy atom. The van der Waals surface area contributed by atoms with Crippen LogP contribution in [-0.2, 0) is 4.79 Å². The van der Waals surface area contributed by atoms with E-state index in [1.165, 1.54) is 0 Å². The maximum absolute atomic E-state index is 12.3. The van der Waals surface area contributed by atoms with Crippen molar-refractivity contribution < 1.29 is 4.79 Å². The highest BCUT2D eigenvalue weighted by Gasteiger charge is 2.29. The molecule has 1 aliphatic rings. The summed E-state index contributed by atoms with van der Waals surface area (Å²) in [5.41, 5.74) is 8.07. The molecule has 2 aromatic rings. The number of likely N-dealkylation sites (tertiary alicyclic amines) is 1. The van der Waals surface area contributed by atoms with Crippen molar-refractivity contribution >= 4 is 29.3 Å². The summed E-state index contributed by atoms with van der Waals surface area (Å²) in [7, 11) is 0. The number of carbonyl (C=O) groups excluding carboxylic acids is 1. The number of hydrogen-bond acceptors (Lipinski definition) is 3. The Morgan fingerprint density at radius 2 is 1.96 bits per heavy atom. The molecule has 5 nitrogen and oxygen atoms in total. The van der Waals surface area contributed by atoms with Crippen molar-refractivity contribution in [3.8, 4) is 0 Å². The summed E-state index contributed by atoms with van der Waals surface area (Å²) in [6.45, 7) is 5.51. The number of nitrogens with two attached hydrogens (primary N) is 1. The molecule has 1 aromatic heterocycles. The van der Waals surface area contributed by atoms with E-state index in [-0.39, 0.29) is 30.3 Å². The second kappa shape index (κ2) is 7.32. The Morgan fingerprint density at radius 3 is 2.57 bits per heavy atom. The van der Waals surface area contributed by atoms with E-state index in [1.54, 1.807) is 0 Å². The highest BCUT2D eigenvalue weighted by molar-refractivity contribution is 5.85. The molecule has 3 rings (SSSR count). The van der Waals surface area contributed by atoms with Gasteiger partial charge in [0, 0.05) is 19.0 Å². The van der Waals surface area contributed by atoms with E-state index in [0.29, 0.717) is 5.92 Å². The summed E-state index contributed by atoms with van der Waals surface area (Å²) in [6.07, 6.45) is 1.88. The zero-order chi connectivity index (χ0) is 15.7. The smallest absolute Gasteiger partial charge is 0.239 e. The lowest BCUT2D eigenvalue weighted by Crippen LogP contribution is -2.49. The third kappa shape index (κ3) is 3.67. The monoisotopic (exact) mass is 336 g/mol. The van der Waals surface area contributed by atoms with E-state index in [9.17, 15) is 4.79 Å². The Balaban J connectivity index is 0.00000192. The van der Waals surface area contributed by atoms with Crippen LogP contribution in [-0.4, -0.2) is 39.9 Å². The first-order chi connectivity index (χ1) is 10.6. The van der Waals surface area contributed by atoms with Crippen LogP contribution in [0.1, 0.15) is 38.4 Å². The van der Waals surface area contributed by atoms with E-state index in [0.717, 1.165) is 42.8 Å². The molecule has 1 amide bonds. The van der Waals surface area contributed by atoms with Crippen LogP contribution in [0, 0.1) is 5.92 Å². The van der Waals surface area contributed by atoms with Gasteiger partial charge in [-0.1, -0.05) is 26.0 Å². The van der Waals surface area contributed by atoms with Crippen molar-refractivity contribution in [2.24, 2.45) is 11.7 Å². The summed E-state index contributed by atoms with van der Waals surface area (Å²) in [5, 5.41) is 0. The molecule has 126 valence electrons. The summed E-state index contributed by atoms with van der Waals surface area (Å²) >= 11 is 0. The van der Waals surface area contributed by atoms with Gasteiger partial charge in [-0.2, -0.15) is 0 Å². The predicted octanol–water partition coefficient (Wildman–Crippen LogP) is 2.67. The lowest BCUT2D eigenvalue weighted by atomic mass is 9.94. The van der Waals surface area contributed by atoms with Gasteiger partial charge in [0.25, 0.3) is 0 Å². The molecule has 1 atom stereocenters. The first-order valence-corrected chi connectivity index (χ1v) is 8.05. The quantitative estimate of drug-likeness (QED) is 0.904. The molecule has 0 unspecified atom stereocenters. The van der Waals surface area contributed by atoms with Crippen LogP contribution in [0.3, 0.4) is 0 Å². The summed E-state index contributed by atoms with van der Waals surface area (Å²) in [4.78, 5) is 22.3. The number of amides is 1. The van der Waals surface area contributed by atoms with Gasteiger partial charge in [-0.25, -0.2) is 4.98 Å². The maximum atomic E-state index is 12.3. The lowest BCUT2D eigenvalue weighted by Gasteiger charge is -2.33. The maximum Gasteiger partial charge on any atom is 0.239 e. The van der Waals surface area contributed by atoms with Crippen LogP contribution in [0.4, 0.5) is 0 Å². The lowest BCUT2D eigenvalue weighted by molar-refractivity contribution is -0.134. The number of halogens is 1. The molecule has 1 fully saturated rings. The molecule has 0 aliphatic carbocycles. The normalized spacial score (nSPS) is 17.3. The van der Waals surface area contributed by atoms with E-state index >= 15 is 0 Å². The molecule has 1 saturated heterocycles. The SMILES string of the molecule is CC(C)[C@H](N)C(=O)N1CCC(c2nc3ccccc3[nH]2)CC1.Cl. The van der Waals surface area contributed by atoms with Crippen LogP contribution >= 0.6 is 12.4 Å². The molecular weight excluding hydrogens is 312 g/mol. The van der Waals surface area contributed by atoms with E-state index in [4.69, 9.17) is 5.73 Å². The van der Waals surface area contributed by atoms with Crippen LogP contribution in [0.15, 0.2) is 24.3 Å². The van der Waals surface area contributed by atoms with Gasteiger partial charge >= 0.3 is 0 Å². The number of hydrogen-bond donors (Lipinski definition) is 2. The van der Waals surface area contributed by atoms with Gasteiger partial charge < -0.3 is 15.6 Å². The zero-order valence-corrected chi connectivity index (χ0v) is 14.5. The largest absolute Gasteiger partial charge is 0.342 e. The summed E-state index contributed by atoms with van der Waals surface area (Å²) in [6, 6.07) is 7.70. The number of carbonyl (C=O) groups is 1. The van der Waals surface area contributed by atoms with E-state index in [2.05, 4.69) is 9.97 Å². The second-order valence-electron chi connectivity index (χ2n) is 6.51. The minimum atomic E-state index is -0.386. The summed E-state index contributed by atoms with van der Waals surface area (Å²) < 4.78 is 0. The summed E-state index contributed by atoms with van der Waals surface area (Å²) in [5.74, 6) is 1.70. The number of benzene rings is 1.